The van der Waals surface area contributed by atoms with E-state index in [2.05, 4.69) is 5.32 Å². The van der Waals surface area contributed by atoms with Crippen molar-refractivity contribution < 1.29 is 28.6 Å². The van der Waals surface area contributed by atoms with Gasteiger partial charge in [-0.2, -0.15) is 0 Å². The van der Waals surface area contributed by atoms with E-state index in [1.807, 2.05) is 0 Å². The van der Waals surface area contributed by atoms with Gasteiger partial charge in [0.05, 0.1) is 24.8 Å². The van der Waals surface area contributed by atoms with Gasteiger partial charge in [-0.25, -0.2) is 4.79 Å². The van der Waals surface area contributed by atoms with Crippen molar-refractivity contribution in [1.82, 2.24) is 5.32 Å². The number of Topliss-reactive ketones (excluding diaryl/α,β-unsaturated/α-hetero) is 1. The number of ether oxygens (including phenoxy) is 3. The van der Waals surface area contributed by atoms with Crippen molar-refractivity contribution >= 4 is 29.3 Å². The topological polar surface area (TPSA) is 90.9 Å². The van der Waals surface area contributed by atoms with E-state index in [1.165, 1.54) is 33.3 Å². The number of amides is 1. The predicted octanol–water partition coefficient (Wildman–Crippen LogP) is 2.90. The molecule has 0 radical (unpaired) electrons. The van der Waals surface area contributed by atoms with Crippen molar-refractivity contribution in [2.45, 2.75) is 13.0 Å². The van der Waals surface area contributed by atoms with Crippen LogP contribution in [0.25, 0.3) is 0 Å². The molecule has 0 aliphatic rings. The number of hydrogen-bond donors (Lipinski definition) is 1. The number of esters is 1. The molecule has 2 aromatic carbocycles. The maximum atomic E-state index is 12.2. The molecule has 0 fully saturated rings. The molecule has 2 rings (SSSR count). The molecule has 7 nitrogen and oxygen atoms in total. The van der Waals surface area contributed by atoms with Crippen LogP contribution in [0.1, 0.15) is 27.6 Å². The van der Waals surface area contributed by atoms with Crippen LogP contribution in [0.4, 0.5) is 0 Å². The second-order valence-electron chi connectivity index (χ2n) is 5.78. The number of carbonyl (C=O) groups is 3. The molecule has 0 unspecified atom stereocenters. The number of halogens is 1. The third-order valence-electron chi connectivity index (χ3n) is 3.87. The highest BCUT2D eigenvalue weighted by molar-refractivity contribution is 6.33. The predicted molar refractivity (Wildman–Crippen MR) is 103 cm³/mol. The minimum atomic E-state index is -0.957. The number of ketones is 1. The molecule has 0 bridgehead atoms. The van der Waals surface area contributed by atoms with Crippen molar-refractivity contribution in [3.05, 3.63) is 58.6 Å². The lowest BCUT2D eigenvalue weighted by Gasteiger charge is -2.14. The lowest BCUT2D eigenvalue weighted by atomic mass is 10.1. The Bertz CT molecular complexity index is 883. The fourth-order valence-corrected chi connectivity index (χ4v) is 2.55. The summed E-state index contributed by atoms with van der Waals surface area (Å²) in [5, 5.41) is 2.76. The van der Waals surface area contributed by atoms with Gasteiger partial charge in [0.2, 0.25) is 0 Å². The molecule has 0 heterocycles. The lowest BCUT2D eigenvalue weighted by molar-refractivity contribution is -0.144. The van der Waals surface area contributed by atoms with E-state index in [0.717, 1.165) is 0 Å². The molecular formula is C20H20ClNO6. The molecular weight excluding hydrogens is 386 g/mol. The summed E-state index contributed by atoms with van der Waals surface area (Å²) < 4.78 is 15.3. The summed E-state index contributed by atoms with van der Waals surface area (Å²) >= 11 is 5.96. The molecule has 2 aromatic rings. The van der Waals surface area contributed by atoms with E-state index >= 15 is 0 Å². The van der Waals surface area contributed by atoms with E-state index in [9.17, 15) is 14.4 Å². The van der Waals surface area contributed by atoms with Gasteiger partial charge >= 0.3 is 5.97 Å². The number of nitrogens with one attached hydrogen (secondary N) is 1. The smallest absolute Gasteiger partial charge is 0.328 e. The van der Waals surface area contributed by atoms with E-state index in [4.69, 9.17) is 25.8 Å². The summed E-state index contributed by atoms with van der Waals surface area (Å²) in [5.41, 5.74) is 0.545. The van der Waals surface area contributed by atoms with Crippen LogP contribution in [0.3, 0.4) is 0 Å². The van der Waals surface area contributed by atoms with Crippen LogP contribution in [-0.4, -0.2) is 44.5 Å². The zero-order valence-corrected chi connectivity index (χ0v) is 16.4. The second kappa shape index (κ2) is 9.75. The van der Waals surface area contributed by atoms with Gasteiger partial charge in [-0.3, -0.25) is 9.59 Å². The van der Waals surface area contributed by atoms with Crippen molar-refractivity contribution in [3.63, 3.8) is 0 Å². The Morgan fingerprint density at radius 1 is 1.04 bits per heavy atom. The third-order valence-corrected chi connectivity index (χ3v) is 4.20. The minimum Gasteiger partial charge on any atom is -0.493 e. The first-order valence-corrected chi connectivity index (χ1v) is 8.72. The van der Waals surface area contributed by atoms with Crippen LogP contribution in [0, 0.1) is 0 Å². The molecule has 28 heavy (non-hydrogen) atoms. The Morgan fingerprint density at radius 3 is 2.36 bits per heavy atom. The number of rotatable bonds is 8. The molecule has 1 amide bonds. The molecule has 0 spiro atoms. The van der Waals surface area contributed by atoms with Crippen LogP contribution in [0.5, 0.6) is 11.5 Å². The fourth-order valence-electron chi connectivity index (χ4n) is 2.33. The zero-order valence-electron chi connectivity index (χ0n) is 15.7. The first kappa shape index (κ1) is 21.2. The highest BCUT2D eigenvalue weighted by Crippen LogP contribution is 2.27. The Balaban J connectivity index is 1.93. The van der Waals surface area contributed by atoms with Crippen LogP contribution in [0.2, 0.25) is 5.02 Å². The maximum Gasteiger partial charge on any atom is 0.328 e. The zero-order chi connectivity index (χ0) is 20.7. The Hall–Kier alpha value is -3.06. The van der Waals surface area contributed by atoms with E-state index < -0.39 is 30.3 Å². The van der Waals surface area contributed by atoms with E-state index in [1.54, 1.807) is 30.3 Å². The number of carbonyl (C=O) groups excluding carboxylic acids is 3. The van der Waals surface area contributed by atoms with Gasteiger partial charge in [0, 0.05) is 5.56 Å². The molecule has 0 aliphatic carbocycles. The van der Waals surface area contributed by atoms with Crippen molar-refractivity contribution in [1.29, 1.82) is 0 Å². The average Bonchev–Trinajstić information content (AvgIpc) is 2.71. The molecule has 0 aliphatic heterocycles. The number of methoxy groups -OCH3 is 2. The summed E-state index contributed by atoms with van der Waals surface area (Å²) in [6, 6.07) is 10.1. The summed E-state index contributed by atoms with van der Waals surface area (Å²) in [4.78, 5) is 36.5. The van der Waals surface area contributed by atoms with E-state index in [-0.39, 0.29) is 10.6 Å². The van der Waals surface area contributed by atoms with E-state index in [0.29, 0.717) is 17.1 Å². The lowest BCUT2D eigenvalue weighted by Crippen LogP contribution is -2.40. The average molecular weight is 406 g/mol. The standard InChI is InChI=1S/C20H20ClNO6/c1-12(22-19(24)14-6-4-5-7-15(14)21)20(25)28-11-16(23)13-8-9-17(26-2)18(10-13)27-3/h4-10,12H,11H2,1-3H3,(H,22,24)/t12-/m0/s1. The minimum absolute atomic E-state index is 0.241. The normalized spacial score (nSPS) is 11.3. The van der Waals surface area contributed by atoms with Crippen LogP contribution in [0.15, 0.2) is 42.5 Å². The van der Waals surface area contributed by atoms with Crippen LogP contribution >= 0.6 is 11.6 Å². The molecule has 0 saturated heterocycles. The SMILES string of the molecule is COc1ccc(C(=O)COC(=O)[C@H](C)NC(=O)c2ccccc2Cl)cc1OC. The fraction of sp³-hybridized carbons (Fsp3) is 0.250. The molecule has 1 atom stereocenters. The Morgan fingerprint density at radius 2 is 1.71 bits per heavy atom. The number of benzene rings is 2. The van der Waals surface area contributed by atoms with Crippen molar-refractivity contribution in [3.8, 4) is 11.5 Å². The van der Waals surface area contributed by atoms with Crippen LogP contribution in [-0.2, 0) is 9.53 Å². The summed E-state index contributed by atoms with van der Waals surface area (Å²) in [6.07, 6.45) is 0. The highest BCUT2D eigenvalue weighted by atomic mass is 35.5. The molecule has 1 N–H and O–H groups in total. The maximum absolute atomic E-state index is 12.2. The number of hydrogen-bond acceptors (Lipinski definition) is 6. The van der Waals surface area contributed by atoms with Gasteiger partial charge in [-0.1, -0.05) is 23.7 Å². The van der Waals surface area contributed by atoms with Gasteiger partial charge in [0.1, 0.15) is 6.04 Å². The summed E-state index contributed by atoms with van der Waals surface area (Å²) in [7, 11) is 2.94. The summed E-state index contributed by atoms with van der Waals surface area (Å²) in [5.74, 6) is -0.804. The molecule has 0 aromatic heterocycles. The molecule has 8 heteroatoms. The van der Waals surface area contributed by atoms with Gasteiger partial charge in [0.25, 0.3) is 5.91 Å². The Labute approximate surface area is 167 Å². The summed E-state index contributed by atoms with van der Waals surface area (Å²) in [6.45, 7) is 0.985. The van der Waals surface area contributed by atoms with Crippen molar-refractivity contribution in [2.24, 2.45) is 0 Å². The Kier molecular flexibility index (Phi) is 7.40. The highest BCUT2D eigenvalue weighted by Gasteiger charge is 2.21. The van der Waals surface area contributed by atoms with Gasteiger partial charge in [-0.15, -0.1) is 0 Å². The molecule has 148 valence electrons. The van der Waals surface area contributed by atoms with Gasteiger partial charge in [-0.05, 0) is 37.3 Å². The van der Waals surface area contributed by atoms with Crippen LogP contribution < -0.4 is 14.8 Å². The van der Waals surface area contributed by atoms with Crippen molar-refractivity contribution in [2.75, 3.05) is 20.8 Å². The van der Waals surface area contributed by atoms with Gasteiger partial charge in [0.15, 0.2) is 23.9 Å². The first-order chi connectivity index (χ1) is 13.4. The third kappa shape index (κ3) is 5.23. The van der Waals surface area contributed by atoms with Gasteiger partial charge < -0.3 is 19.5 Å². The largest absolute Gasteiger partial charge is 0.493 e. The molecule has 0 saturated carbocycles. The first-order valence-electron chi connectivity index (χ1n) is 8.34. The quantitative estimate of drug-likeness (QED) is 0.536. The monoisotopic (exact) mass is 405 g/mol. The second-order valence-corrected chi connectivity index (χ2v) is 6.18.